The van der Waals surface area contributed by atoms with E-state index in [9.17, 15) is 4.79 Å². The van der Waals surface area contributed by atoms with E-state index in [4.69, 9.17) is 4.98 Å². The molecule has 0 bridgehead atoms. The summed E-state index contributed by atoms with van der Waals surface area (Å²) in [5.41, 5.74) is 3.79. The minimum Gasteiger partial charge on any atom is -0.310 e. The molecule has 1 fully saturated rings. The van der Waals surface area contributed by atoms with E-state index in [1.807, 2.05) is 0 Å². The molecule has 1 aromatic carbocycles. The van der Waals surface area contributed by atoms with E-state index in [0.717, 1.165) is 24.4 Å². The van der Waals surface area contributed by atoms with Gasteiger partial charge in [0.25, 0.3) is 5.56 Å². The van der Waals surface area contributed by atoms with Gasteiger partial charge in [0, 0.05) is 17.9 Å². The molecule has 1 heterocycles. The van der Waals surface area contributed by atoms with Crippen molar-refractivity contribution in [1.82, 2.24) is 9.97 Å². The Morgan fingerprint density at radius 1 is 1.05 bits per heavy atom. The number of hydrogen-bond donors (Lipinski definition) is 1. The quantitative estimate of drug-likeness (QED) is 0.892. The Bertz CT molecular complexity index is 660. The zero-order valence-electron chi connectivity index (χ0n) is 10.7. The summed E-state index contributed by atoms with van der Waals surface area (Å²) in [5.74, 6) is 1.75. The predicted octanol–water partition coefficient (Wildman–Crippen LogP) is 2.53. The fraction of sp³-hybridized carbons (Fsp3) is 0.375. The van der Waals surface area contributed by atoms with Crippen molar-refractivity contribution in [3.63, 3.8) is 0 Å². The zero-order chi connectivity index (χ0) is 12.8. The van der Waals surface area contributed by atoms with Crippen LogP contribution in [0.5, 0.6) is 0 Å². The summed E-state index contributed by atoms with van der Waals surface area (Å²) in [6, 6.07) is 10.2. The number of hydrogen-bond acceptors (Lipinski definition) is 2. The van der Waals surface area contributed by atoms with Crippen LogP contribution in [0.1, 0.15) is 47.3 Å². The second-order valence-corrected chi connectivity index (χ2v) is 5.70. The number of benzene rings is 1. The van der Waals surface area contributed by atoms with Gasteiger partial charge >= 0.3 is 0 Å². The van der Waals surface area contributed by atoms with Crippen LogP contribution in [-0.2, 0) is 12.8 Å². The first kappa shape index (κ1) is 11.0. The molecule has 0 radical (unpaired) electrons. The Hall–Kier alpha value is -1.90. The highest BCUT2D eigenvalue weighted by atomic mass is 16.1. The molecule has 4 rings (SSSR count). The van der Waals surface area contributed by atoms with Gasteiger partial charge in [0.2, 0.25) is 0 Å². The number of aromatic nitrogens is 2. The molecule has 2 aliphatic rings. The molecule has 3 nitrogen and oxygen atoms in total. The number of rotatable bonds is 2. The first-order valence-electron chi connectivity index (χ1n) is 6.97. The highest BCUT2D eigenvalue weighted by Crippen LogP contribution is 2.39. The third kappa shape index (κ3) is 1.99. The van der Waals surface area contributed by atoms with Crippen LogP contribution in [0, 0.1) is 0 Å². The van der Waals surface area contributed by atoms with Gasteiger partial charge in [0.05, 0.1) is 5.69 Å². The standard InChI is InChI=1S/C16H16N2O/c19-15-9-14(10-5-6-10)17-16(18-15)13-7-11-3-1-2-4-12(11)8-13/h1-4,9-10,13H,5-8H2,(H,17,18,19). The topological polar surface area (TPSA) is 45.8 Å². The van der Waals surface area contributed by atoms with E-state index in [-0.39, 0.29) is 5.56 Å². The lowest BCUT2D eigenvalue weighted by Crippen LogP contribution is -2.15. The lowest BCUT2D eigenvalue weighted by molar-refractivity contribution is 0.669. The van der Waals surface area contributed by atoms with Crippen LogP contribution in [0.4, 0.5) is 0 Å². The van der Waals surface area contributed by atoms with E-state index in [0.29, 0.717) is 11.8 Å². The minimum absolute atomic E-state index is 0.00264. The SMILES string of the molecule is O=c1cc(C2CC2)nc(C2Cc3ccccc3C2)[nH]1. The Labute approximate surface area is 111 Å². The highest BCUT2D eigenvalue weighted by Gasteiger charge is 2.28. The molecule has 0 atom stereocenters. The predicted molar refractivity (Wildman–Crippen MR) is 73.4 cm³/mol. The molecule has 0 aliphatic heterocycles. The Balaban J connectivity index is 1.69. The summed E-state index contributed by atoms with van der Waals surface area (Å²) >= 11 is 0. The van der Waals surface area contributed by atoms with Gasteiger partial charge in [-0.25, -0.2) is 4.98 Å². The normalized spacial score (nSPS) is 18.5. The summed E-state index contributed by atoms with van der Waals surface area (Å²) in [6.45, 7) is 0. The van der Waals surface area contributed by atoms with Crippen LogP contribution in [0.25, 0.3) is 0 Å². The first-order valence-corrected chi connectivity index (χ1v) is 6.97. The summed E-state index contributed by atoms with van der Waals surface area (Å²) < 4.78 is 0. The number of aromatic amines is 1. The van der Waals surface area contributed by atoms with Gasteiger partial charge in [0.15, 0.2) is 0 Å². The maximum atomic E-state index is 11.8. The molecule has 1 N–H and O–H groups in total. The fourth-order valence-electron chi connectivity index (χ4n) is 3.03. The molecule has 19 heavy (non-hydrogen) atoms. The lowest BCUT2D eigenvalue weighted by atomic mass is 10.1. The van der Waals surface area contributed by atoms with Crippen molar-refractivity contribution in [3.8, 4) is 0 Å². The van der Waals surface area contributed by atoms with Crippen LogP contribution in [0.15, 0.2) is 35.1 Å². The molecule has 1 saturated carbocycles. The van der Waals surface area contributed by atoms with Crippen LogP contribution >= 0.6 is 0 Å². The Kier molecular flexibility index (Phi) is 2.34. The van der Waals surface area contributed by atoms with Gasteiger partial charge < -0.3 is 4.98 Å². The molecule has 1 aromatic heterocycles. The van der Waals surface area contributed by atoms with Gasteiger partial charge in [0.1, 0.15) is 5.82 Å². The van der Waals surface area contributed by atoms with Crippen molar-refractivity contribution >= 4 is 0 Å². The molecule has 3 heteroatoms. The molecular formula is C16H16N2O. The van der Waals surface area contributed by atoms with Crippen LogP contribution < -0.4 is 5.56 Å². The summed E-state index contributed by atoms with van der Waals surface area (Å²) in [6.07, 6.45) is 4.35. The van der Waals surface area contributed by atoms with E-state index < -0.39 is 0 Å². The van der Waals surface area contributed by atoms with E-state index in [1.54, 1.807) is 6.07 Å². The Morgan fingerprint density at radius 2 is 1.74 bits per heavy atom. The third-order valence-corrected chi connectivity index (χ3v) is 4.21. The van der Waals surface area contributed by atoms with Crippen LogP contribution in [0.2, 0.25) is 0 Å². The smallest absolute Gasteiger partial charge is 0.251 e. The fourth-order valence-corrected chi connectivity index (χ4v) is 3.03. The van der Waals surface area contributed by atoms with E-state index >= 15 is 0 Å². The second-order valence-electron chi connectivity index (χ2n) is 5.70. The minimum atomic E-state index is 0.00264. The maximum absolute atomic E-state index is 11.8. The van der Waals surface area contributed by atoms with Crippen molar-refractivity contribution in [2.24, 2.45) is 0 Å². The van der Waals surface area contributed by atoms with Crippen molar-refractivity contribution in [2.75, 3.05) is 0 Å². The Morgan fingerprint density at radius 3 is 2.37 bits per heavy atom. The number of fused-ring (bicyclic) bond motifs is 1. The number of nitrogens with one attached hydrogen (secondary N) is 1. The van der Waals surface area contributed by atoms with E-state index in [2.05, 4.69) is 29.2 Å². The molecular weight excluding hydrogens is 236 g/mol. The molecule has 96 valence electrons. The lowest BCUT2D eigenvalue weighted by Gasteiger charge is -2.09. The average molecular weight is 252 g/mol. The summed E-state index contributed by atoms with van der Waals surface area (Å²) in [7, 11) is 0. The van der Waals surface area contributed by atoms with Crippen molar-refractivity contribution in [1.29, 1.82) is 0 Å². The molecule has 0 amide bonds. The largest absolute Gasteiger partial charge is 0.310 e. The first-order chi connectivity index (χ1) is 9.29. The van der Waals surface area contributed by atoms with Crippen molar-refractivity contribution in [2.45, 2.75) is 37.5 Å². The molecule has 0 spiro atoms. The van der Waals surface area contributed by atoms with E-state index in [1.165, 1.54) is 24.0 Å². The molecule has 2 aromatic rings. The molecule has 2 aliphatic carbocycles. The highest BCUT2D eigenvalue weighted by molar-refractivity contribution is 5.35. The summed E-state index contributed by atoms with van der Waals surface area (Å²) in [5, 5.41) is 0. The van der Waals surface area contributed by atoms with Crippen LogP contribution in [0.3, 0.4) is 0 Å². The van der Waals surface area contributed by atoms with Gasteiger partial charge in [-0.05, 0) is 36.8 Å². The monoisotopic (exact) mass is 252 g/mol. The van der Waals surface area contributed by atoms with Gasteiger partial charge in [-0.15, -0.1) is 0 Å². The third-order valence-electron chi connectivity index (χ3n) is 4.21. The molecule has 0 unspecified atom stereocenters. The van der Waals surface area contributed by atoms with Gasteiger partial charge in [-0.2, -0.15) is 0 Å². The average Bonchev–Trinajstić information content (AvgIpc) is 3.17. The van der Waals surface area contributed by atoms with Gasteiger partial charge in [-0.1, -0.05) is 24.3 Å². The van der Waals surface area contributed by atoms with Gasteiger partial charge in [-0.3, -0.25) is 4.79 Å². The number of nitrogens with zero attached hydrogens (tertiary/aromatic N) is 1. The van der Waals surface area contributed by atoms with Crippen molar-refractivity contribution < 1.29 is 0 Å². The van der Waals surface area contributed by atoms with Crippen LogP contribution in [-0.4, -0.2) is 9.97 Å². The van der Waals surface area contributed by atoms with Crippen molar-refractivity contribution in [3.05, 3.63) is 63.3 Å². The second kappa shape index (κ2) is 4.05. The summed E-state index contributed by atoms with van der Waals surface area (Å²) in [4.78, 5) is 19.4. The molecule has 0 saturated heterocycles. The zero-order valence-corrected chi connectivity index (χ0v) is 10.7. The number of H-pyrrole nitrogens is 1. The maximum Gasteiger partial charge on any atom is 0.251 e.